The summed E-state index contributed by atoms with van der Waals surface area (Å²) in [6, 6.07) is 5.03. The van der Waals surface area contributed by atoms with Crippen molar-refractivity contribution in [1.82, 2.24) is 15.0 Å². The quantitative estimate of drug-likeness (QED) is 0.866. The second kappa shape index (κ2) is 4.87. The molecule has 2 rings (SSSR count). The van der Waals surface area contributed by atoms with Crippen LogP contribution in [0, 0.1) is 6.92 Å². The molecule has 94 valence electrons. The molecule has 2 aromatic rings. The van der Waals surface area contributed by atoms with Crippen LogP contribution in [0.3, 0.4) is 0 Å². The van der Waals surface area contributed by atoms with Crippen LogP contribution in [0.15, 0.2) is 35.5 Å². The summed E-state index contributed by atoms with van der Waals surface area (Å²) in [5, 5.41) is -0.0115. The Labute approximate surface area is 109 Å². The lowest BCUT2D eigenvalue weighted by Gasteiger charge is -2.06. The topological polar surface area (TPSA) is 84.8 Å². The fraction of sp³-hybridized carbons (Fsp3) is 0.100. The molecule has 1 N–H and O–H groups in total. The highest BCUT2D eigenvalue weighted by Gasteiger charge is 2.15. The number of aryl methyl sites for hydroxylation is 1. The summed E-state index contributed by atoms with van der Waals surface area (Å²) in [6.07, 6.45) is 2.26. The van der Waals surface area contributed by atoms with Gasteiger partial charge in [-0.05, 0) is 30.7 Å². The average molecular weight is 285 g/mol. The maximum Gasteiger partial charge on any atom is 0.266 e. The highest BCUT2D eigenvalue weighted by atomic mass is 35.5. The third-order valence-corrected chi connectivity index (χ3v) is 3.54. The zero-order chi connectivity index (χ0) is 13.2. The first-order chi connectivity index (χ1) is 8.47. The molecule has 0 radical (unpaired) electrons. The van der Waals surface area contributed by atoms with E-state index in [4.69, 9.17) is 11.6 Å². The fourth-order valence-corrected chi connectivity index (χ4v) is 2.22. The number of pyridine rings is 1. The van der Waals surface area contributed by atoms with Gasteiger partial charge in [0.2, 0.25) is 5.28 Å². The van der Waals surface area contributed by atoms with E-state index >= 15 is 0 Å². The van der Waals surface area contributed by atoms with Gasteiger partial charge < -0.3 is 0 Å². The number of sulfonamides is 1. The number of hydrogen-bond acceptors (Lipinski definition) is 5. The van der Waals surface area contributed by atoms with Gasteiger partial charge in [-0.1, -0.05) is 6.07 Å². The summed E-state index contributed by atoms with van der Waals surface area (Å²) in [6.45, 7) is 1.77. The van der Waals surface area contributed by atoms with Gasteiger partial charge in [0.05, 0.1) is 12.4 Å². The Bertz CT molecular complexity index is 658. The average Bonchev–Trinajstić information content (AvgIpc) is 2.29. The summed E-state index contributed by atoms with van der Waals surface area (Å²) in [7, 11) is -3.74. The van der Waals surface area contributed by atoms with E-state index in [-0.39, 0.29) is 16.0 Å². The molecule has 0 spiro atoms. The van der Waals surface area contributed by atoms with Crippen LogP contribution in [-0.4, -0.2) is 23.4 Å². The molecule has 6 nitrogen and oxygen atoms in total. The van der Waals surface area contributed by atoms with Crippen molar-refractivity contribution in [3.63, 3.8) is 0 Å². The van der Waals surface area contributed by atoms with E-state index in [2.05, 4.69) is 19.7 Å². The molecule has 0 aliphatic carbocycles. The zero-order valence-electron chi connectivity index (χ0n) is 9.33. The molecule has 18 heavy (non-hydrogen) atoms. The maximum atomic E-state index is 11.9. The van der Waals surface area contributed by atoms with E-state index in [0.717, 1.165) is 12.4 Å². The molecule has 0 amide bonds. The lowest BCUT2D eigenvalue weighted by molar-refractivity contribution is 0.600. The van der Waals surface area contributed by atoms with Gasteiger partial charge in [0, 0.05) is 5.69 Å². The molecule has 2 aromatic heterocycles. The highest BCUT2D eigenvalue weighted by molar-refractivity contribution is 7.92. The molecule has 0 aliphatic rings. The molecular formula is C10H9ClN4O2S. The van der Waals surface area contributed by atoms with Crippen molar-refractivity contribution in [2.24, 2.45) is 0 Å². The van der Waals surface area contributed by atoms with Gasteiger partial charge in [0.1, 0.15) is 10.7 Å². The lowest BCUT2D eigenvalue weighted by atomic mass is 10.4. The molecule has 0 bridgehead atoms. The number of nitrogens with zero attached hydrogens (tertiary/aromatic N) is 3. The van der Waals surface area contributed by atoms with Gasteiger partial charge in [-0.15, -0.1) is 0 Å². The third-order valence-electron chi connectivity index (χ3n) is 2.03. The number of rotatable bonds is 3. The van der Waals surface area contributed by atoms with E-state index in [1.165, 1.54) is 0 Å². The normalized spacial score (nSPS) is 11.2. The van der Waals surface area contributed by atoms with Crippen LogP contribution < -0.4 is 4.72 Å². The summed E-state index contributed by atoms with van der Waals surface area (Å²) in [5.74, 6) is 0.241. The summed E-state index contributed by atoms with van der Waals surface area (Å²) >= 11 is 5.49. The van der Waals surface area contributed by atoms with E-state index < -0.39 is 10.0 Å². The van der Waals surface area contributed by atoms with Gasteiger partial charge in [-0.3, -0.25) is 4.72 Å². The molecule has 0 atom stereocenters. The first-order valence-electron chi connectivity index (χ1n) is 4.91. The Morgan fingerprint density at radius 1 is 1.22 bits per heavy atom. The molecule has 0 unspecified atom stereocenters. The van der Waals surface area contributed by atoms with E-state index in [0.29, 0.717) is 5.69 Å². The SMILES string of the molecule is Cc1cccc(NS(=O)(=O)c2cnc(Cl)nc2)n1. The third kappa shape index (κ3) is 2.93. The van der Waals surface area contributed by atoms with E-state index in [1.807, 2.05) is 0 Å². The summed E-state index contributed by atoms with van der Waals surface area (Å²) < 4.78 is 26.2. The van der Waals surface area contributed by atoms with Gasteiger partial charge in [-0.25, -0.2) is 23.4 Å². The van der Waals surface area contributed by atoms with E-state index in [1.54, 1.807) is 25.1 Å². The molecule has 0 saturated heterocycles. The van der Waals surface area contributed by atoms with Crippen molar-refractivity contribution >= 4 is 27.4 Å². The van der Waals surface area contributed by atoms with Crippen LogP contribution in [0.4, 0.5) is 5.82 Å². The smallest absolute Gasteiger partial charge is 0.263 e. The van der Waals surface area contributed by atoms with Gasteiger partial charge in [0.25, 0.3) is 10.0 Å². The van der Waals surface area contributed by atoms with E-state index in [9.17, 15) is 8.42 Å². The summed E-state index contributed by atoms with van der Waals surface area (Å²) in [5.41, 5.74) is 0.711. The number of hydrogen-bond donors (Lipinski definition) is 1. The van der Waals surface area contributed by atoms with Crippen LogP contribution in [-0.2, 0) is 10.0 Å². The van der Waals surface area contributed by atoms with Crippen molar-refractivity contribution < 1.29 is 8.42 Å². The van der Waals surface area contributed by atoms with Crippen LogP contribution in [0.25, 0.3) is 0 Å². The second-order valence-electron chi connectivity index (χ2n) is 3.46. The Balaban J connectivity index is 2.30. The zero-order valence-corrected chi connectivity index (χ0v) is 10.9. The predicted molar refractivity (Wildman–Crippen MR) is 66.8 cm³/mol. The van der Waals surface area contributed by atoms with Crippen molar-refractivity contribution in [3.8, 4) is 0 Å². The Morgan fingerprint density at radius 3 is 2.50 bits per heavy atom. The minimum absolute atomic E-state index is 0.0115. The van der Waals surface area contributed by atoms with Crippen LogP contribution in [0.5, 0.6) is 0 Å². The minimum atomic E-state index is -3.74. The van der Waals surface area contributed by atoms with Crippen molar-refractivity contribution in [3.05, 3.63) is 41.6 Å². The minimum Gasteiger partial charge on any atom is -0.263 e. The molecule has 8 heteroatoms. The van der Waals surface area contributed by atoms with Gasteiger partial charge in [0.15, 0.2) is 0 Å². The standard InChI is InChI=1S/C10H9ClN4O2S/c1-7-3-2-4-9(14-7)15-18(16,17)8-5-12-10(11)13-6-8/h2-6H,1H3,(H,14,15). The van der Waals surface area contributed by atoms with Crippen LogP contribution in [0.2, 0.25) is 5.28 Å². The fourth-order valence-electron chi connectivity index (χ4n) is 1.24. The molecule has 0 aliphatic heterocycles. The van der Waals surface area contributed by atoms with Crippen LogP contribution >= 0.6 is 11.6 Å². The lowest BCUT2D eigenvalue weighted by Crippen LogP contribution is -2.14. The Morgan fingerprint density at radius 2 is 1.89 bits per heavy atom. The van der Waals surface area contributed by atoms with Crippen molar-refractivity contribution in [1.29, 1.82) is 0 Å². The molecular weight excluding hydrogens is 276 g/mol. The van der Waals surface area contributed by atoms with Crippen molar-refractivity contribution in [2.45, 2.75) is 11.8 Å². The van der Waals surface area contributed by atoms with Gasteiger partial charge in [-0.2, -0.15) is 0 Å². The number of halogens is 1. The first-order valence-corrected chi connectivity index (χ1v) is 6.77. The Kier molecular flexibility index (Phi) is 3.44. The monoisotopic (exact) mass is 284 g/mol. The number of anilines is 1. The molecule has 0 saturated carbocycles. The number of aromatic nitrogens is 3. The van der Waals surface area contributed by atoms with Gasteiger partial charge >= 0.3 is 0 Å². The van der Waals surface area contributed by atoms with Crippen molar-refractivity contribution in [2.75, 3.05) is 4.72 Å². The predicted octanol–water partition coefficient (Wildman–Crippen LogP) is 1.63. The largest absolute Gasteiger partial charge is 0.266 e. The molecule has 0 fully saturated rings. The molecule has 2 heterocycles. The molecule has 0 aromatic carbocycles. The maximum absolute atomic E-state index is 11.9. The number of nitrogens with one attached hydrogen (secondary N) is 1. The first kappa shape index (κ1) is 12.7. The highest BCUT2D eigenvalue weighted by Crippen LogP contribution is 2.13. The Hall–Kier alpha value is -1.73. The van der Waals surface area contributed by atoms with Crippen LogP contribution in [0.1, 0.15) is 5.69 Å². The second-order valence-corrected chi connectivity index (χ2v) is 5.48. The summed E-state index contributed by atoms with van der Waals surface area (Å²) in [4.78, 5) is 11.2.